The van der Waals surface area contributed by atoms with Gasteiger partial charge in [0, 0.05) is 6.42 Å². The van der Waals surface area contributed by atoms with Gasteiger partial charge in [0.25, 0.3) is 0 Å². The van der Waals surface area contributed by atoms with E-state index in [1.165, 1.54) is 6.92 Å². The third kappa shape index (κ3) is 4.86. The molecule has 31 heavy (non-hydrogen) atoms. The van der Waals surface area contributed by atoms with Gasteiger partial charge in [-0.05, 0) is 44.9 Å². The number of hydrogen-bond donors (Lipinski definition) is 0. The Balaban J connectivity index is 3.64. The second kappa shape index (κ2) is 8.20. The fourth-order valence-corrected chi connectivity index (χ4v) is 3.82. The summed E-state index contributed by atoms with van der Waals surface area (Å²) in [6.45, 7) is 0.569. The molecule has 0 aliphatic heterocycles. The van der Waals surface area contributed by atoms with Crippen molar-refractivity contribution in [3.05, 3.63) is 0 Å². The monoisotopic (exact) mass is 484 g/mol. The lowest BCUT2D eigenvalue weighted by Gasteiger charge is -2.50. The molecule has 0 bridgehead atoms. The summed E-state index contributed by atoms with van der Waals surface area (Å²) in [5.74, 6) is -6.67. The molecule has 2 nitrogen and oxygen atoms in total. The van der Waals surface area contributed by atoms with Crippen molar-refractivity contribution in [3.8, 4) is 0 Å². The van der Waals surface area contributed by atoms with Crippen molar-refractivity contribution in [2.45, 2.75) is 77.3 Å². The number of esters is 1. The van der Waals surface area contributed by atoms with Gasteiger partial charge in [-0.25, -0.2) is 0 Å². The minimum Gasteiger partial charge on any atom is -0.462 e. The van der Waals surface area contributed by atoms with Gasteiger partial charge in [0.05, 0.1) is 0 Å². The van der Waals surface area contributed by atoms with Crippen molar-refractivity contribution in [1.82, 2.24) is 0 Å². The Kier molecular flexibility index (Phi) is 7.32. The molecule has 0 radical (unpaired) electrons. The third-order valence-corrected chi connectivity index (χ3v) is 6.24. The molecule has 0 aromatic carbocycles. The first-order valence-electron chi connectivity index (χ1n) is 9.00. The number of hydrogen-bond acceptors (Lipinski definition) is 2. The Morgan fingerprint density at radius 1 is 0.677 bits per heavy atom. The van der Waals surface area contributed by atoms with Gasteiger partial charge < -0.3 is 4.74 Å². The van der Waals surface area contributed by atoms with Crippen LogP contribution in [-0.2, 0) is 9.53 Å². The van der Waals surface area contributed by atoms with E-state index in [4.69, 9.17) is 0 Å². The van der Waals surface area contributed by atoms with E-state index in [1.54, 1.807) is 0 Å². The maximum absolute atomic E-state index is 13.5. The van der Waals surface area contributed by atoms with Gasteiger partial charge in [0.2, 0.25) is 0 Å². The van der Waals surface area contributed by atoms with Gasteiger partial charge in [-0.1, -0.05) is 6.92 Å². The van der Waals surface area contributed by atoms with Crippen LogP contribution in [-0.4, -0.2) is 36.8 Å². The molecule has 0 spiro atoms. The van der Waals surface area contributed by atoms with Crippen LogP contribution in [0.1, 0.15) is 46.5 Å². The predicted molar refractivity (Wildman–Crippen MR) is 81.4 cm³/mol. The largest absolute Gasteiger partial charge is 0.462 e. The van der Waals surface area contributed by atoms with Crippen LogP contribution >= 0.6 is 0 Å². The van der Waals surface area contributed by atoms with Crippen molar-refractivity contribution in [2.75, 3.05) is 0 Å². The van der Waals surface area contributed by atoms with Gasteiger partial charge in [-0.2, -0.15) is 52.7 Å². The van der Waals surface area contributed by atoms with Gasteiger partial charge in [-0.15, -0.1) is 0 Å². The van der Waals surface area contributed by atoms with E-state index < -0.39 is 85.1 Å². The minimum atomic E-state index is -6.04. The van der Waals surface area contributed by atoms with Crippen molar-refractivity contribution in [2.24, 2.45) is 22.7 Å². The van der Waals surface area contributed by atoms with Crippen molar-refractivity contribution in [3.63, 3.8) is 0 Å². The van der Waals surface area contributed by atoms with Crippen molar-refractivity contribution < 1.29 is 62.2 Å². The van der Waals surface area contributed by atoms with E-state index in [0.717, 1.165) is 0 Å². The van der Waals surface area contributed by atoms with E-state index >= 15 is 0 Å². The van der Waals surface area contributed by atoms with Crippen LogP contribution in [0.2, 0.25) is 0 Å². The average Bonchev–Trinajstić information content (AvgIpc) is 2.55. The Labute approximate surface area is 169 Å². The highest BCUT2D eigenvalue weighted by Gasteiger charge is 2.75. The quantitative estimate of drug-likeness (QED) is 0.318. The molecule has 14 heteroatoms. The van der Waals surface area contributed by atoms with E-state index in [9.17, 15) is 57.5 Å². The summed E-state index contributed by atoms with van der Waals surface area (Å²) in [7, 11) is 0. The molecule has 0 aromatic heterocycles. The Hall–Kier alpha value is -1.37. The highest BCUT2D eigenvalue weighted by atomic mass is 19.4. The van der Waals surface area contributed by atoms with E-state index in [2.05, 4.69) is 4.74 Å². The number of alkyl halides is 12. The topological polar surface area (TPSA) is 26.3 Å². The summed E-state index contributed by atoms with van der Waals surface area (Å²) >= 11 is 0. The maximum atomic E-state index is 13.5. The number of rotatable bonds is 4. The summed E-state index contributed by atoms with van der Waals surface area (Å²) in [6.07, 6.45) is -30.6. The summed E-state index contributed by atoms with van der Waals surface area (Å²) in [4.78, 5) is 11.5. The summed E-state index contributed by atoms with van der Waals surface area (Å²) in [6, 6.07) is 0. The summed E-state index contributed by atoms with van der Waals surface area (Å²) in [5.41, 5.74) is -9.23. The van der Waals surface area contributed by atoms with Crippen LogP contribution < -0.4 is 0 Å². The lowest BCUT2D eigenvalue weighted by molar-refractivity contribution is -0.373. The van der Waals surface area contributed by atoms with E-state index in [0.29, 0.717) is 0 Å². The lowest BCUT2D eigenvalue weighted by atomic mass is 9.59. The van der Waals surface area contributed by atoms with Crippen LogP contribution in [0, 0.1) is 22.7 Å². The molecule has 2 atom stereocenters. The van der Waals surface area contributed by atoms with Crippen LogP contribution in [0.3, 0.4) is 0 Å². The lowest BCUT2D eigenvalue weighted by Crippen LogP contribution is -2.59. The normalized spacial score (nSPS) is 24.8. The molecule has 1 aliphatic rings. The maximum Gasteiger partial charge on any atom is 0.403 e. The Bertz CT molecular complexity index is 569. The number of halogens is 12. The minimum absolute atomic E-state index is 0.308. The fraction of sp³-hybridized carbons (Fsp3) is 0.941. The van der Waals surface area contributed by atoms with Crippen LogP contribution in [0.4, 0.5) is 52.7 Å². The molecule has 1 aliphatic carbocycles. The van der Waals surface area contributed by atoms with Crippen LogP contribution in [0.25, 0.3) is 0 Å². The van der Waals surface area contributed by atoms with E-state index in [1.807, 2.05) is 0 Å². The van der Waals surface area contributed by atoms with Gasteiger partial charge >= 0.3 is 30.7 Å². The highest BCUT2D eigenvalue weighted by molar-refractivity contribution is 5.69. The molecule has 0 aromatic rings. The number of carbonyl (C=O) groups is 1. The molecule has 184 valence electrons. The zero-order valence-corrected chi connectivity index (χ0v) is 16.4. The Morgan fingerprint density at radius 3 is 1.19 bits per heavy atom. The molecule has 0 heterocycles. The van der Waals surface area contributed by atoms with Crippen LogP contribution in [0.5, 0.6) is 0 Å². The molecule has 1 fully saturated rings. The first-order valence-corrected chi connectivity index (χ1v) is 9.00. The molecule has 1 rings (SSSR count). The predicted octanol–water partition coefficient (Wildman–Crippen LogP) is 6.99. The first kappa shape index (κ1) is 27.7. The van der Waals surface area contributed by atoms with Gasteiger partial charge in [-0.3, -0.25) is 4.79 Å². The SMILES string of the molecule is CCC(=O)OC1CC(C(C)(C(F)(F)F)C(F)(F)F)CC(C(C)(C(F)(F)F)C(F)(F)F)C1. The highest BCUT2D eigenvalue weighted by Crippen LogP contribution is 2.64. The standard InChI is InChI=1S/C17H20F12O2/c1-4-11(30)31-10-6-8(12(2,14(18,19)20)15(21,22)23)5-9(7-10)13(3,16(24,25)26)17(27,28)29/h8-10H,4-7H2,1-3H3. The van der Waals surface area contributed by atoms with E-state index in [-0.39, 0.29) is 13.8 Å². The zero-order valence-electron chi connectivity index (χ0n) is 16.4. The summed E-state index contributed by atoms with van der Waals surface area (Å²) < 4.78 is 166. The molecule has 0 amide bonds. The van der Waals surface area contributed by atoms with Crippen molar-refractivity contribution >= 4 is 5.97 Å². The van der Waals surface area contributed by atoms with Gasteiger partial charge in [0.15, 0.2) is 10.8 Å². The van der Waals surface area contributed by atoms with Gasteiger partial charge in [0.1, 0.15) is 6.10 Å². The Morgan fingerprint density at radius 2 is 0.968 bits per heavy atom. The molecular formula is C17H20F12O2. The number of carbonyl (C=O) groups excluding carboxylic acids is 1. The third-order valence-electron chi connectivity index (χ3n) is 6.24. The smallest absolute Gasteiger partial charge is 0.403 e. The molecule has 0 N–H and O–H groups in total. The van der Waals surface area contributed by atoms with Crippen molar-refractivity contribution in [1.29, 1.82) is 0 Å². The fourth-order valence-electron chi connectivity index (χ4n) is 3.82. The first-order chi connectivity index (χ1) is 13.5. The molecule has 2 unspecified atom stereocenters. The molecule has 0 saturated heterocycles. The second-order valence-electron chi connectivity index (χ2n) is 7.96. The molecule has 1 saturated carbocycles. The number of ether oxygens (including phenoxy) is 1. The zero-order chi connectivity index (χ0) is 24.8. The second-order valence-corrected chi connectivity index (χ2v) is 7.96. The molecular weight excluding hydrogens is 464 g/mol. The average molecular weight is 484 g/mol. The van der Waals surface area contributed by atoms with Crippen LogP contribution in [0.15, 0.2) is 0 Å². The summed E-state index contributed by atoms with van der Waals surface area (Å²) in [5, 5.41) is 0.